The minimum Gasteiger partial charge on any atom is -0.375 e. The Kier molecular flexibility index (Phi) is 5.58. The summed E-state index contributed by atoms with van der Waals surface area (Å²) in [5, 5.41) is 3.63. The Morgan fingerprint density at radius 3 is 2.76 bits per heavy atom. The molecule has 0 spiro atoms. The Morgan fingerprint density at radius 2 is 1.95 bits per heavy atom. The zero-order chi connectivity index (χ0) is 14.7. The third-order valence-corrected chi connectivity index (χ3v) is 6.19. The Hall–Kier alpha value is -0.120. The monoisotopic (exact) mass is 294 g/mol. The molecule has 1 saturated heterocycles. The minimum absolute atomic E-state index is 0.525. The summed E-state index contributed by atoms with van der Waals surface area (Å²) >= 11 is 0. The lowest BCUT2D eigenvalue weighted by molar-refractivity contribution is -0.113. The summed E-state index contributed by atoms with van der Waals surface area (Å²) in [7, 11) is 2.16. The van der Waals surface area contributed by atoms with E-state index in [1.807, 2.05) is 0 Å². The second-order valence-corrected chi connectivity index (χ2v) is 7.43. The summed E-state index contributed by atoms with van der Waals surface area (Å²) in [5.41, 5.74) is 0. The van der Waals surface area contributed by atoms with Crippen molar-refractivity contribution in [2.45, 2.75) is 88.9 Å². The van der Waals surface area contributed by atoms with Gasteiger partial charge in [-0.05, 0) is 45.1 Å². The largest absolute Gasteiger partial charge is 0.375 e. The fourth-order valence-corrected chi connectivity index (χ4v) is 5.14. The highest BCUT2D eigenvalue weighted by atomic mass is 16.5. The van der Waals surface area contributed by atoms with Crippen molar-refractivity contribution in [1.82, 2.24) is 10.2 Å². The van der Waals surface area contributed by atoms with Crippen LogP contribution >= 0.6 is 0 Å². The van der Waals surface area contributed by atoms with E-state index in [9.17, 15) is 0 Å². The number of nitrogens with one attached hydrogen (secondary N) is 1. The van der Waals surface area contributed by atoms with Gasteiger partial charge in [0.15, 0.2) is 0 Å². The summed E-state index contributed by atoms with van der Waals surface area (Å²) in [4.78, 5) is 2.86. The van der Waals surface area contributed by atoms with Gasteiger partial charge < -0.3 is 10.1 Å². The lowest BCUT2D eigenvalue weighted by atomic mass is 9.78. The number of fused-ring (bicyclic) bond motifs is 1. The normalized spacial score (nSPS) is 41.7. The third-order valence-electron chi connectivity index (χ3n) is 6.19. The van der Waals surface area contributed by atoms with Crippen LogP contribution in [-0.4, -0.2) is 49.3 Å². The first kappa shape index (κ1) is 15.8. The Labute approximate surface area is 130 Å². The van der Waals surface area contributed by atoms with E-state index in [0.29, 0.717) is 18.2 Å². The highest BCUT2D eigenvalue weighted by Gasteiger charge is 2.41. The Morgan fingerprint density at radius 1 is 1.10 bits per heavy atom. The SMILES string of the molecule is CCCC1CCC(NC)C(N2CCOC3CCCCC32)C1. The first-order valence-corrected chi connectivity index (χ1v) is 9.38. The molecule has 21 heavy (non-hydrogen) atoms. The number of morpholine rings is 1. The number of hydrogen-bond donors (Lipinski definition) is 1. The molecule has 5 atom stereocenters. The molecular weight excluding hydrogens is 260 g/mol. The fourth-order valence-electron chi connectivity index (χ4n) is 5.14. The van der Waals surface area contributed by atoms with Crippen LogP contribution in [0.2, 0.25) is 0 Å². The van der Waals surface area contributed by atoms with Crippen molar-refractivity contribution in [3.05, 3.63) is 0 Å². The fraction of sp³-hybridized carbons (Fsp3) is 1.00. The van der Waals surface area contributed by atoms with Gasteiger partial charge in [0, 0.05) is 24.7 Å². The third kappa shape index (κ3) is 3.46. The number of likely N-dealkylation sites (N-methyl/N-ethyl adjacent to an activating group) is 1. The highest BCUT2D eigenvalue weighted by molar-refractivity contribution is 4.97. The van der Waals surface area contributed by atoms with E-state index in [1.54, 1.807) is 0 Å². The number of rotatable bonds is 4. The van der Waals surface area contributed by atoms with E-state index in [2.05, 4.69) is 24.2 Å². The smallest absolute Gasteiger partial charge is 0.0731 e. The van der Waals surface area contributed by atoms with Crippen LogP contribution in [0.3, 0.4) is 0 Å². The lowest BCUT2D eigenvalue weighted by Gasteiger charge is -2.51. The van der Waals surface area contributed by atoms with Gasteiger partial charge in [-0.25, -0.2) is 0 Å². The zero-order valence-electron chi connectivity index (χ0n) is 14.0. The van der Waals surface area contributed by atoms with Crippen molar-refractivity contribution in [2.24, 2.45) is 5.92 Å². The van der Waals surface area contributed by atoms with Gasteiger partial charge >= 0.3 is 0 Å². The molecule has 3 fully saturated rings. The van der Waals surface area contributed by atoms with Crippen LogP contribution in [0, 0.1) is 5.92 Å². The van der Waals surface area contributed by atoms with E-state index >= 15 is 0 Å². The van der Waals surface area contributed by atoms with Gasteiger partial charge in [-0.2, -0.15) is 0 Å². The molecule has 1 heterocycles. The van der Waals surface area contributed by atoms with Crippen molar-refractivity contribution in [2.75, 3.05) is 20.2 Å². The molecule has 0 radical (unpaired) electrons. The van der Waals surface area contributed by atoms with E-state index < -0.39 is 0 Å². The molecule has 5 unspecified atom stereocenters. The summed E-state index contributed by atoms with van der Waals surface area (Å²) in [6, 6.07) is 2.14. The van der Waals surface area contributed by atoms with Crippen LogP contribution in [0.15, 0.2) is 0 Å². The van der Waals surface area contributed by atoms with Crippen LogP contribution in [-0.2, 0) is 4.74 Å². The molecule has 2 aliphatic carbocycles. The molecule has 1 aliphatic heterocycles. The van der Waals surface area contributed by atoms with Crippen molar-refractivity contribution in [3.63, 3.8) is 0 Å². The molecule has 1 N–H and O–H groups in total. The second-order valence-electron chi connectivity index (χ2n) is 7.43. The molecule has 2 saturated carbocycles. The molecule has 0 bridgehead atoms. The second kappa shape index (κ2) is 7.43. The molecule has 0 aromatic rings. The maximum Gasteiger partial charge on any atom is 0.0731 e. The quantitative estimate of drug-likeness (QED) is 0.862. The summed E-state index contributed by atoms with van der Waals surface area (Å²) in [6.07, 6.45) is 12.9. The van der Waals surface area contributed by atoms with Crippen molar-refractivity contribution >= 4 is 0 Å². The van der Waals surface area contributed by atoms with Gasteiger partial charge in [0.25, 0.3) is 0 Å². The van der Waals surface area contributed by atoms with Crippen LogP contribution in [0.5, 0.6) is 0 Å². The standard InChI is InChI=1S/C18H34N2O/c1-3-6-14-9-10-15(19-2)17(13-14)20-11-12-21-18-8-5-4-7-16(18)20/h14-19H,3-13H2,1-2H3. The summed E-state index contributed by atoms with van der Waals surface area (Å²) < 4.78 is 6.08. The molecule has 0 amide bonds. The van der Waals surface area contributed by atoms with Gasteiger partial charge in [-0.3, -0.25) is 4.90 Å². The van der Waals surface area contributed by atoms with Gasteiger partial charge in [-0.15, -0.1) is 0 Å². The lowest BCUT2D eigenvalue weighted by Crippen LogP contribution is -2.62. The summed E-state index contributed by atoms with van der Waals surface area (Å²) in [6.45, 7) is 4.44. The Balaban J connectivity index is 1.71. The van der Waals surface area contributed by atoms with E-state index in [-0.39, 0.29) is 0 Å². The molecule has 3 aliphatic rings. The average molecular weight is 294 g/mol. The molecule has 3 nitrogen and oxygen atoms in total. The van der Waals surface area contributed by atoms with Crippen molar-refractivity contribution in [3.8, 4) is 0 Å². The first-order chi connectivity index (χ1) is 10.3. The van der Waals surface area contributed by atoms with E-state index in [1.165, 1.54) is 57.8 Å². The highest BCUT2D eigenvalue weighted by Crippen LogP contribution is 2.36. The van der Waals surface area contributed by atoms with Crippen LogP contribution in [0.4, 0.5) is 0 Å². The predicted octanol–water partition coefficient (Wildman–Crippen LogP) is 3.19. The summed E-state index contributed by atoms with van der Waals surface area (Å²) in [5.74, 6) is 0.953. The molecule has 122 valence electrons. The molecule has 3 heteroatoms. The van der Waals surface area contributed by atoms with Crippen molar-refractivity contribution in [1.29, 1.82) is 0 Å². The molecule has 3 rings (SSSR count). The van der Waals surface area contributed by atoms with Gasteiger partial charge in [0.2, 0.25) is 0 Å². The van der Waals surface area contributed by atoms with Crippen LogP contribution in [0.1, 0.15) is 64.7 Å². The van der Waals surface area contributed by atoms with Crippen LogP contribution in [0.25, 0.3) is 0 Å². The van der Waals surface area contributed by atoms with E-state index in [4.69, 9.17) is 4.74 Å². The Bertz CT molecular complexity index is 320. The van der Waals surface area contributed by atoms with Gasteiger partial charge in [-0.1, -0.05) is 32.6 Å². The predicted molar refractivity (Wildman–Crippen MR) is 87.6 cm³/mol. The number of nitrogens with zero attached hydrogens (tertiary/aromatic N) is 1. The molecule has 0 aromatic carbocycles. The maximum absolute atomic E-state index is 6.08. The average Bonchev–Trinajstić information content (AvgIpc) is 2.54. The van der Waals surface area contributed by atoms with Gasteiger partial charge in [0.05, 0.1) is 12.7 Å². The topological polar surface area (TPSA) is 24.5 Å². The molecular formula is C18H34N2O. The van der Waals surface area contributed by atoms with Gasteiger partial charge in [0.1, 0.15) is 0 Å². The van der Waals surface area contributed by atoms with Crippen molar-refractivity contribution < 1.29 is 4.74 Å². The number of hydrogen-bond acceptors (Lipinski definition) is 3. The maximum atomic E-state index is 6.08. The zero-order valence-corrected chi connectivity index (χ0v) is 14.0. The number of ether oxygens (including phenoxy) is 1. The van der Waals surface area contributed by atoms with Crippen LogP contribution < -0.4 is 5.32 Å². The van der Waals surface area contributed by atoms with E-state index in [0.717, 1.165) is 25.1 Å². The molecule has 0 aromatic heterocycles. The first-order valence-electron chi connectivity index (χ1n) is 9.38. The minimum atomic E-state index is 0.525.